The Kier molecular flexibility index (Phi) is 4.71. The van der Waals surface area contributed by atoms with Crippen LogP contribution in [0.3, 0.4) is 0 Å². The predicted molar refractivity (Wildman–Crippen MR) is 107 cm³/mol. The molecule has 2 aromatic rings. The summed E-state index contributed by atoms with van der Waals surface area (Å²) < 4.78 is 0.955. The summed E-state index contributed by atoms with van der Waals surface area (Å²) in [5, 5.41) is 5.69. The molecule has 2 atom stereocenters. The Morgan fingerprint density at radius 1 is 1.21 bits per heavy atom. The van der Waals surface area contributed by atoms with Crippen LogP contribution in [0.5, 0.6) is 0 Å². The molecule has 1 fully saturated rings. The molecule has 7 heteroatoms. The number of nitrogens with one attached hydrogen (secondary N) is 2. The van der Waals surface area contributed by atoms with Crippen LogP contribution in [0, 0.1) is 0 Å². The van der Waals surface area contributed by atoms with Gasteiger partial charge in [0.2, 0.25) is 5.91 Å². The van der Waals surface area contributed by atoms with Crippen molar-refractivity contribution in [2.75, 3.05) is 6.54 Å². The minimum absolute atomic E-state index is 0.234. The van der Waals surface area contributed by atoms with Crippen LogP contribution < -0.4 is 10.6 Å². The highest BCUT2D eigenvalue weighted by Gasteiger charge is 2.55. The molecule has 2 N–H and O–H groups in total. The van der Waals surface area contributed by atoms with Gasteiger partial charge in [-0.1, -0.05) is 52.3 Å². The van der Waals surface area contributed by atoms with E-state index < -0.39 is 11.6 Å². The van der Waals surface area contributed by atoms with Gasteiger partial charge in [-0.15, -0.1) is 0 Å². The van der Waals surface area contributed by atoms with Gasteiger partial charge < -0.3 is 10.6 Å². The first kappa shape index (κ1) is 18.7. The largest absolute Gasteiger partial charge is 0.348 e. The van der Waals surface area contributed by atoms with Crippen molar-refractivity contribution >= 4 is 33.8 Å². The Balaban J connectivity index is 1.47. The lowest BCUT2D eigenvalue weighted by Gasteiger charge is -2.22. The van der Waals surface area contributed by atoms with Crippen molar-refractivity contribution in [2.24, 2.45) is 0 Å². The van der Waals surface area contributed by atoms with E-state index >= 15 is 0 Å². The van der Waals surface area contributed by atoms with Crippen LogP contribution >= 0.6 is 15.9 Å². The molecule has 0 unspecified atom stereocenters. The number of nitrogens with zero attached hydrogens (tertiary/aromatic N) is 1. The van der Waals surface area contributed by atoms with Crippen molar-refractivity contribution in [3.63, 3.8) is 0 Å². The Morgan fingerprint density at radius 2 is 1.93 bits per heavy atom. The van der Waals surface area contributed by atoms with Gasteiger partial charge in [-0.05, 0) is 48.6 Å². The molecule has 0 saturated carbocycles. The summed E-state index contributed by atoms with van der Waals surface area (Å²) in [6, 6.07) is 14.5. The molecule has 0 radical (unpaired) electrons. The number of aryl methyl sites for hydroxylation is 1. The number of rotatable bonds is 4. The first-order valence-electron chi connectivity index (χ1n) is 9.18. The highest BCUT2D eigenvalue weighted by molar-refractivity contribution is 9.10. The fourth-order valence-electron chi connectivity index (χ4n) is 4.00. The van der Waals surface area contributed by atoms with Gasteiger partial charge in [0.05, 0.1) is 6.04 Å². The van der Waals surface area contributed by atoms with Gasteiger partial charge >= 0.3 is 6.03 Å². The number of imide groups is 1. The lowest BCUT2D eigenvalue weighted by atomic mass is 9.92. The molecule has 1 aliphatic heterocycles. The van der Waals surface area contributed by atoms with E-state index in [2.05, 4.69) is 26.6 Å². The zero-order chi connectivity index (χ0) is 19.9. The summed E-state index contributed by atoms with van der Waals surface area (Å²) in [7, 11) is 0. The lowest BCUT2D eigenvalue weighted by Crippen LogP contribution is -2.44. The molecule has 4 rings (SSSR count). The SMILES string of the molecule is C[C@@H](NC(=O)CN1C(=O)N[C@@]2(CCc3ccccc32)C1=O)c1ccc(Br)cc1. The number of hydrogen-bond donors (Lipinski definition) is 2. The molecule has 144 valence electrons. The second-order valence-corrected chi connectivity index (χ2v) is 8.14. The highest BCUT2D eigenvalue weighted by Crippen LogP contribution is 2.41. The molecule has 4 amide bonds. The van der Waals surface area contributed by atoms with Gasteiger partial charge in [0.1, 0.15) is 12.1 Å². The van der Waals surface area contributed by atoms with E-state index in [-0.39, 0.29) is 24.4 Å². The van der Waals surface area contributed by atoms with Gasteiger partial charge in [0.25, 0.3) is 5.91 Å². The van der Waals surface area contributed by atoms with E-state index in [0.717, 1.165) is 32.5 Å². The van der Waals surface area contributed by atoms with E-state index in [1.165, 1.54) is 0 Å². The standard InChI is InChI=1S/C21H20BrN3O3/c1-13(14-6-8-16(22)9-7-14)23-18(26)12-25-19(27)21(24-20(25)28)11-10-15-4-2-3-5-17(15)21/h2-9,13H,10-12H2,1H3,(H,23,26)(H,24,28)/t13-,21-/m1/s1. The predicted octanol–water partition coefficient (Wildman–Crippen LogP) is 3.02. The molecule has 2 aromatic carbocycles. The maximum Gasteiger partial charge on any atom is 0.325 e. The van der Waals surface area contributed by atoms with Crippen LogP contribution in [-0.4, -0.2) is 29.3 Å². The van der Waals surface area contributed by atoms with Gasteiger partial charge in [0, 0.05) is 4.47 Å². The maximum absolute atomic E-state index is 13.1. The molecule has 1 saturated heterocycles. The van der Waals surface area contributed by atoms with Crippen LogP contribution in [0.15, 0.2) is 53.0 Å². The molecule has 6 nitrogen and oxygen atoms in total. The molecule has 2 aliphatic rings. The summed E-state index contributed by atoms with van der Waals surface area (Å²) in [5.74, 6) is -0.726. The van der Waals surface area contributed by atoms with Gasteiger partial charge in [-0.2, -0.15) is 0 Å². The van der Waals surface area contributed by atoms with Crippen LogP contribution in [0.4, 0.5) is 4.79 Å². The third kappa shape index (κ3) is 3.09. The summed E-state index contributed by atoms with van der Waals surface area (Å²) in [4.78, 5) is 39.1. The molecular formula is C21H20BrN3O3. The van der Waals surface area contributed by atoms with Crippen molar-refractivity contribution in [2.45, 2.75) is 31.3 Å². The van der Waals surface area contributed by atoms with Crippen LogP contribution in [-0.2, 0) is 21.5 Å². The number of carbonyl (C=O) groups is 3. The minimum Gasteiger partial charge on any atom is -0.348 e. The molecule has 1 spiro atoms. The number of urea groups is 1. The Morgan fingerprint density at radius 3 is 2.68 bits per heavy atom. The lowest BCUT2D eigenvalue weighted by molar-refractivity contribution is -0.135. The Hall–Kier alpha value is -2.67. The van der Waals surface area contributed by atoms with Crippen LogP contribution in [0.1, 0.15) is 36.1 Å². The monoisotopic (exact) mass is 441 g/mol. The number of carbonyl (C=O) groups excluding carboxylic acids is 3. The topological polar surface area (TPSA) is 78.5 Å². The number of benzene rings is 2. The highest BCUT2D eigenvalue weighted by atomic mass is 79.9. The first-order chi connectivity index (χ1) is 13.4. The first-order valence-corrected chi connectivity index (χ1v) is 9.97. The normalized spacial score (nSPS) is 21.6. The summed E-state index contributed by atoms with van der Waals surface area (Å²) >= 11 is 3.38. The fraction of sp³-hybridized carbons (Fsp3) is 0.286. The Bertz CT molecular complexity index is 960. The average Bonchev–Trinajstić information content (AvgIpc) is 3.16. The summed E-state index contributed by atoms with van der Waals surface area (Å²) in [6.07, 6.45) is 1.24. The average molecular weight is 442 g/mol. The second kappa shape index (κ2) is 7.05. The zero-order valence-electron chi connectivity index (χ0n) is 15.4. The van der Waals surface area contributed by atoms with E-state index in [9.17, 15) is 14.4 Å². The van der Waals surface area contributed by atoms with Crippen LogP contribution in [0.2, 0.25) is 0 Å². The Labute approximate surface area is 171 Å². The smallest absolute Gasteiger partial charge is 0.325 e. The number of hydrogen-bond acceptors (Lipinski definition) is 3. The van der Waals surface area contributed by atoms with Crippen molar-refractivity contribution < 1.29 is 14.4 Å². The number of fused-ring (bicyclic) bond motifs is 2. The van der Waals surface area contributed by atoms with Gasteiger partial charge in [-0.25, -0.2) is 4.79 Å². The molecule has 0 bridgehead atoms. The molecule has 28 heavy (non-hydrogen) atoms. The third-order valence-electron chi connectivity index (χ3n) is 5.47. The maximum atomic E-state index is 13.1. The minimum atomic E-state index is -1.04. The second-order valence-electron chi connectivity index (χ2n) is 7.22. The van der Waals surface area contributed by atoms with Gasteiger partial charge in [-0.3, -0.25) is 14.5 Å². The van der Waals surface area contributed by atoms with E-state index in [1.54, 1.807) is 0 Å². The van der Waals surface area contributed by atoms with Crippen molar-refractivity contribution in [1.29, 1.82) is 0 Å². The van der Waals surface area contributed by atoms with E-state index in [0.29, 0.717) is 6.42 Å². The molecule has 1 heterocycles. The fourth-order valence-corrected chi connectivity index (χ4v) is 4.26. The third-order valence-corrected chi connectivity index (χ3v) is 6.00. The number of amides is 4. The molecular weight excluding hydrogens is 422 g/mol. The quantitative estimate of drug-likeness (QED) is 0.715. The molecule has 0 aromatic heterocycles. The van der Waals surface area contributed by atoms with Crippen LogP contribution in [0.25, 0.3) is 0 Å². The summed E-state index contributed by atoms with van der Waals surface area (Å²) in [5.41, 5.74) is 1.80. The number of halogens is 1. The van der Waals surface area contributed by atoms with Crippen molar-refractivity contribution in [1.82, 2.24) is 15.5 Å². The van der Waals surface area contributed by atoms with E-state index in [1.807, 2.05) is 55.5 Å². The van der Waals surface area contributed by atoms with Gasteiger partial charge in [0.15, 0.2) is 0 Å². The van der Waals surface area contributed by atoms with E-state index in [4.69, 9.17) is 0 Å². The molecule has 1 aliphatic carbocycles. The zero-order valence-corrected chi connectivity index (χ0v) is 17.0. The summed E-state index contributed by atoms with van der Waals surface area (Å²) in [6.45, 7) is 1.57. The van der Waals surface area contributed by atoms with Crippen molar-refractivity contribution in [3.8, 4) is 0 Å². The van der Waals surface area contributed by atoms with Crippen molar-refractivity contribution in [3.05, 3.63) is 69.7 Å².